The third-order valence-electron chi connectivity index (χ3n) is 5.77. The minimum absolute atomic E-state index is 0.00140. The summed E-state index contributed by atoms with van der Waals surface area (Å²) in [7, 11) is 0. The van der Waals surface area contributed by atoms with Crippen LogP contribution in [0.25, 0.3) is 10.8 Å². The Hall–Kier alpha value is -3.06. The SMILES string of the molecule is Cc1cc(C(C(=O)N2CCCC2C(=O)NOc2ccc3cc(Cl)ccc3c2)C(C)C)on1. The van der Waals surface area contributed by atoms with E-state index in [0.717, 1.165) is 22.9 Å². The van der Waals surface area contributed by atoms with Crippen molar-refractivity contribution in [2.75, 3.05) is 6.54 Å². The molecule has 1 N–H and O–H groups in total. The minimum atomic E-state index is -0.591. The molecule has 168 valence electrons. The van der Waals surface area contributed by atoms with Gasteiger partial charge in [0.2, 0.25) is 5.91 Å². The predicted octanol–water partition coefficient (Wildman–Crippen LogP) is 4.63. The highest BCUT2D eigenvalue weighted by Crippen LogP contribution is 2.31. The van der Waals surface area contributed by atoms with Gasteiger partial charge in [-0.1, -0.05) is 42.7 Å². The monoisotopic (exact) mass is 455 g/mol. The minimum Gasteiger partial charge on any atom is -0.379 e. The molecule has 0 aliphatic carbocycles. The molecule has 0 radical (unpaired) electrons. The third kappa shape index (κ3) is 4.58. The van der Waals surface area contributed by atoms with Gasteiger partial charge in [-0.3, -0.25) is 9.59 Å². The Morgan fingerprint density at radius 3 is 2.66 bits per heavy atom. The lowest BCUT2D eigenvalue weighted by atomic mass is 9.91. The van der Waals surface area contributed by atoms with Crippen molar-refractivity contribution >= 4 is 34.2 Å². The summed E-state index contributed by atoms with van der Waals surface area (Å²) in [6.45, 7) is 6.26. The van der Waals surface area contributed by atoms with Crippen LogP contribution in [0.3, 0.4) is 0 Å². The molecule has 0 saturated carbocycles. The van der Waals surface area contributed by atoms with Gasteiger partial charge in [0, 0.05) is 17.6 Å². The first kappa shape index (κ1) is 22.1. The maximum Gasteiger partial charge on any atom is 0.275 e. The summed E-state index contributed by atoms with van der Waals surface area (Å²) in [5, 5.41) is 6.50. The van der Waals surface area contributed by atoms with Gasteiger partial charge >= 0.3 is 0 Å². The van der Waals surface area contributed by atoms with Crippen LogP contribution in [-0.2, 0) is 9.59 Å². The average Bonchev–Trinajstić information content (AvgIpc) is 3.41. The van der Waals surface area contributed by atoms with Crippen LogP contribution in [0.2, 0.25) is 5.02 Å². The van der Waals surface area contributed by atoms with Crippen molar-refractivity contribution in [1.29, 1.82) is 0 Å². The molecule has 2 atom stereocenters. The fourth-order valence-electron chi connectivity index (χ4n) is 4.18. The van der Waals surface area contributed by atoms with E-state index in [2.05, 4.69) is 10.6 Å². The lowest BCUT2D eigenvalue weighted by Crippen LogP contribution is -2.48. The fraction of sp³-hybridized carbons (Fsp3) is 0.375. The molecule has 1 aliphatic rings. The number of nitrogens with zero attached hydrogens (tertiary/aromatic N) is 2. The standard InChI is InChI=1S/C24H26ClN3O4/c1-14(2)22(21-11-15(3)26-32-21)24(30)28-10-4-5-20(28)23(29)27-31-19-9-7-16-12-18(25)8-6-17(16)13-19/h6-9,11-14,20,22H,4-5,10H2,1-3H3,(H,27,29). The summed E-state index contributed by atoms with van der Waals surface area (Å²) in [5.41, 5.74) is 3.24. The molecule has 1 fully saturated rings. The summed E-state index contributed by atoms with van der Waals surface area (Å²) in [6, 6.07) is 12.2. The highest BCUT2D eigenvalue weighted by Gasteiger charge is 2.40. The second kappa shape index (κ2) is 9.20. The van der Waals surface area contributed by atoms with Crippen LogP contribution in [0.15, 0.2) is 47.0 Å². The zero-order valence-corrected chi connectivity index (χ0v) is 19.1. The molecular formula is C24H26ClN3O4. The lowest BCUT2D eigenvalue weighted by Gasteiger charge is -2.28. The highest BCUT2D eigenvalue weighted by molar-refractivity contribution is 6.31. The molecular weight excluding hydrogens is 430 g/mol. The quantitative estimate of drug-likeness (QED) is 0.548. The van der Waals surface area contributed by atoms with Crippen molar-refractivity contribution in [1.82, 2.24) is 15.5 Å². The zero-order chi connectivity index (χ0) is 22.8. The molecule has 1 aliphatic heterocycles. The molecule has 7 nitrogen and oxygen atoms in total. The van der Waals surface area contributed by atoms with Crippen LogP contribution in [0.5, 0.6) is 5.75 Å². The maximum atomic E-state index is 13.4. The number of hydrogen-bond donors (Lipinski definition) is 1. The molecule has 2 heterocycles. The fourth-order valence-corrected chi connectivity index (χ4v) is 4.36. The number of carbonyl (C=O) groups is 2. The number of nitrogens with one attached hydrogen (secondary N) is 1. The summed E-state index contributed by atoms with van der Waals surface area (Å²) in [5.74, 6) is 0.0707. The smallest absolute Gasteiger partial charge is 0.275 e. The van der Waals surface area contributed by atoms with Crippen LogP contribution in [0.1, 0.15) is 44.1 Å². The second-order valence-corrected chi connectivity index (χ2v) is 8.94. The topological polar surface area (TPSA) is 84.7 Å². The van der Waals surface area contributed by atoms with E-state index in [4.69, 9.17) is 21.0 Å². The van der Waals surface area contributed by atoms with E-state index in [0.29, 0.717) is 29.5 Å². The Bertz CT molecular complexity index is 1140. The number of aryl methyl sites for hydroxylation is 1. The Kier molecular flexibility index (Phi) is 6.37. The Morgan fingerprint density at radius 2 is 1.94 bits per heavy atom. The number of benzene rings is 2. The van der Waals surface area contributed by atoms with Gasteiger partial charge in [-0.15, -0.1) is 0 Å². The third-order valence-corrected chi connectivity index (χ3v) is 6.00. The predicted molar refractivity (Wildman–Crippen MR) is 121 cm³/mol. The molecule has 1 aromatic heterocycles. The Balaban J connectivity index is 1.45. The van der Waals surface area contributed by atoms with E-state index < -0.39 is 12.0 Å². The number of hydroxylamine groups is 1. The average molecular weight is 456 g/mol. The Labute approximate surface area is 191 Å². The zero-order valence-electron chi connectivity index (χ0n) is 18.3. The van der Waals surface area contributed by atoms with Gasteiger partial charge in [-0.2, -0.15) is 5.48 Å². The molecule has 2 unspecified atom stereocenters. The largest absolute Gasteiger partial charge is 0.379 e. The van der Waals surface area contributed by atoms with E-state index in [1.807, 2.05) is 45.0 Å². The maximum absolute atomic E-state index is 13.4. The van der Waals surface area contributed by atoms with Crippen molar-refractivity contribution in [3.05, 3.63) is 58.9 Å². The first-order chi connectivity index (χ1) is 15.3. The van der Waals surface area contributed by atoms with Crippen molar-refractivity contribution in [3.63, 3.8) is 0 Å². The van der Waals surface area contributed by atoms with Crippen molar-refractivity contribution < 1.29 is 18.9 Å². The lowest BCUT2D eigenvalue weighted by molar-refractivity contribution is -0.143. The van der Waals surface area contributed by atoms with Gasteiger partial charge in [0.15, 0.2) is 5.75 Å². The molecule has 2 amide bonds. The van der Waals surface area contributed by atoms with Crippen molar-refractivity contribution in [2.45, 2.75) is 45.6 Å². The van der Waals surface area contributed by atoms with E-state index in [1.165, 1.54) is 0 Å². The molecule has 4 rings (SSSR count). The molecule has 0 spiro atoms. The van der Waals surface area contributed by atoms with Crippen molar-refractivity contribution in [3.8, 4) is 5.75 Å². The van der Waals surface area contributed by atoms with Crippen LogP contribution >= 0.6 is 11.6 Å². The highest BCUT2D eigenvalue weighted by atomic mass is 35.5. The first-order valence-corrected chi connectivity index (χ1v) is 11.1. The van der Waals surface area contributed by atoms with E-state index in [1.54, 1.807) is 23.1 Å². The van der Waals surface area contributed by atoms with Crippen molar-refractivity contribution in [2.24, 2.45) is 5.92 Å². The summed E-state index contributed by atoms with van der Waals surface area (Å²) in [4.78, 5) is 33.4. The molecule has 3 aromatic rings. The van der Waals surface area contributed by atoms with Crippen LogP contribution < -0.4 is 10.3 Å². The van der Waals surface area contributed by atoms with Crippen LogP contribution in [0, 0.1) is 12.8 Å². The number of likely N-dealkylation sites (tertiary alicyclic amines) is 1. The summed E-state index contributed by atoms with van der Waals surface area (Å²) in [6.07, 6.45) is 1.33. The molecule has 2 aromatic carbocycles. The second-order valence-electron chi connectivity index (χ2n) is 8.50. The van der Waals surface area contributed by atoms with E-state index in [9.17, 15) is 9.59 Å². The number of fused-ring (bicyclic) bond motifs is 1. The van der Waals surface area contributed by atoms with E-state index >= 15 is 0 Å². The van der Waals surface area contributed by atoms with Gasteiger partial charge in [0.05, 0.1) is 5.69 Å². The first-order valence-electron chi connectivity index (χ1n) is 10.7. The molecule has 0 bridgehead atoms. The van der Waals surface area contributed by atoms with Gasteiger partial charge in [0.25, 0.3) is 5.91 Å². The number of carbonyl (C=O) groups excluding carboxylic acids is 2. The summed E-state index contributed by atoms with van der Waals surface area (Å²) >= 11 is 6.03. The molecule has 8 heteroatoms. The van der Waals surface area contributed by atoms with Crippen LogP contribution in [-0.4, -0.2) is 34.5 Å². The number of aromatic nitrogens is 1. The molecule has 32 heavy (non-hydrogen) atoms. The number of amides is 2. The van der Waals surface area contributed by atoms with Gasteiger partial charge in [-0.05, 0) is 60.7 Å². The number of hydrogen-bond acceptors (Lipinski definition) is 5. The van der Waals surface area contributed by atoms with Gasteiger partial charge in [-0.25, -0.2) is 0 Å². The Morgan fingerprint density at radius 1 is 1.19 bits per heavy atom. The molecule has 1 saturated heterocycles. The van der Waals surface area contributed by atoms with E-state index in [-0.39, 0.29) is 17.7 Å². The normalized spacial score (nSPS) is 17.0. The summed E-state index contributed by atoms with van der Waals surface area (Å²) < 4.78 is 5.38. The number of rotatable bonds is 6. The van der Waals surface area contributed by atoms with Gasteiger partial charge in [0.1, 0.15) is 17.7 Å². The van der Waals surface area contributed by atoms with Crippen LogP contribution in [0.4, 0.5) is 0 Å². The number of halogens is 1. The van der Waals surface area contributed by atoms with Gasteiger partial charge < -0.3 is 14.3 Å².